The molecule has 0 aromatic carbocycles. The molecule has 5 nitrogen and oxygen atoms in total. The van der Waals surface area contributed by atoms with E-state index in [2.05, 4.69) is 31.2 Å². The second-order valence-electron chi connectivity index (χ2n) is 4.22. The Morgan fingerprint density at radius 2 is 2.00 bits per heavy atom. The van der Waals surface area contributed by atoms with E-state index in [1.807, 2.05) is 27.7 Å². The predicted molar refractivity (Wildman–Crippen MR) is 80.1 cm³/mol. The lowest BCUT2D eigenvalue weighted by molar-refractivity contribution is -0.131. The van der Waals surface area contributed by atoms with Gasteiger partial charge in [-0.05, 0) is 36.7 Å². The van der Waals surface area contributed by atoms with Crippen molar-refractivity contribution < 1.29 is 4.79 Å². The maximum Gasteiger partial charge on any atom is 0.244 e. The van der Waals surface area contributed by atoms with Crippen LogP contribution in [0.4, 0.5) is 5.82 Å². The lowest BCUT2D eigenvalue weighted by Crippen LogP contribution is -2.41. The number of hydrogen-bond acceptors (Lipinski definition) is 4. The van der Waals surface area contributed by atoms with Crippen LogP contribution in [0.5, 0.6) is 0 Å². The molecule has 0 saturated carbocycles. The number of aromatic nitrogens is 2. The third-order valence-corrected chi connectivity index (χ3v) is 3.27. The van der Waals surface area contributed by atoms with Crippen LogP contribution in [0, 0.1) is 0 Å². The summed E-state index contributed by atoms with van der Waals surface area (Å²) in [5.41, 5.74) is 0. The first-order valence-corrected chi connectivity index (χ1v) is 7.39. The molecule has 1 rings (SSSR count). The summed E-state index contributed by atoms with van der Waals surface area (Å²) in [6.45, 7) is 9.23. The summed E-state index contributed by atoms with van der Waals surface area (Å²) in [7, 11) is 0. The van der Waals surface area contributed by atoms with Gasteiger partial charge in [0.1, 0.15) is 22.3 Å². The molecule has 0 aliphatic carbocycles. The first kappa shape index (κ1) is 15.9. The Bertz CT molecular complexity index is 435. The molecule has 0 aliphatic rings. The molecule has 0 radical (unpaired) electrons. The Morgan fingerprint density at radius 1 is 1.37 bits per heavy atom. The van der Waals surface area contributed by atoms with Crippen molar-refractivity contribution >= 4 is 27.7 Å². The minimum absolute atomic E-state index is 0.0813. The van der Waals surface area contributed by atoms with Crippen molar-refractivity contribution in [2.24, 2.45) is 0 Å². The van der Waals surface area contributed by atoms with Crippen LogP contribution >= 0.6 is 15.9 Å². The Kier molecular flexibility index (Phi) is 6.21. The maximum atomic E-state index is 12.2. The molecule has 0 spiro atoms. The summed E-state index contributed by atoms with van der Waals surface area (Å²) >= 11 is 3.35. The number of likely N-dealkylation sites (N-methyl/N-ethyl adjacent to an activating group) is 1. The number of halogens is 1. The summed E-state index contributed by atoms with van der Waals surface area (Å²) in [4.78, 5) is 22.6. The van der Waals surface area contributed by atoms with Crippen LogP contribution in [-0.4, -0.2) is 39.9 Å². The highest BCUT2D eigenvalue weighted by atomic mass is 79.9. The fraction of sp³-hybridized carbons (Fsp3) is 0.615. The molecule has 1 amide bonds. The highest BCUT2D eigenvalue weighted by Gasteiger charge is 2.18. The largest absolute Gasteiger partial charge is 0.358 e. The van der Waals surface area contributed by atoms with Gasteiger partial charge in [-0.2, -0.15) is 0 Å². The minimum atomic E-state index is -0.300. The number of amides is 1. The van der Waals surface area contributed by atoms with Gasteiger partial charge in [-0.25, -0.2) is 9.97 Å². The van der Waals surface area contributed by atoms with Crippen molar-refractivity contribution in [3.05, 3.63) is 16.5 Å². The Hall–Kier alpha value is -1.17. The van der Waals surface area contributed by atoms with Gasteiger partial charge in [-0.1, -0.05) is 6.92 Å². The van der Waals surface area contributed by atoms with Gasteiger partial charge in [0.25, 0.3) is 0 Å². The quantitative estimate of drug-likeness (QED) is 0.815. The number of anilines is 1. The van der Waals surface area contributed by atoms with Crippen molar-refractivity contribution in [2.45, 2.75) is 40.2 Å². The number of aryl methyl sites for hydroxylation is 1. The molecule has 6 heteroatoms. The SMILES string of the molecule is CCc1nc(Br)cc(NC(C)C(=O)N(CC)CC)n1. The zero-order chi connectivity index (χ0) is 14.4. The zero-order valence-corrected chi connectivity index (χ0v) is 13.5. The van der Waals surface area contributed by atoms with Crippen LogP contribution in [0.2, 0.25) is 0 Å². The molecule has 1 atom stereocenters. The summed E-state index contributed by atoms with van der Waals surface area (Å²) in [5.74, 6) is 1.50. The molecule has 0 aliphatic heterocycles. The fourth-order valence-corrected chi connectivity index (χ4v) is 2.21. The number of nitrogens with zero attached hydrogens (tertiary/aromatic N) is 3. The van der Waals surface area contributed by atoms with Crippen molar-refractivity contribution in [1.82, 2.24) is 14.9 Å². The van der Waals surface area contributed by atoms with Crippen LogP contribution in [-0.2, 0) is 11.2 Å². The van der Waals surface area contributed by atoms with E-state index in [4.69, 9.17) is 0 Å². The Balaban J connectivity index is 2.78. The number of rotatable bonds is 6. The third kappa shape index (κ3) is 4.45. The van der Waals surface area contributed by atoms with E-state index in [0.717, 1.165) is 29.9 Å². The van der Waals surface area contributed by atoms with Gasteiger partial charge in [-0.15, -0.1) is 0 Å². The van der Waals surface area contributed by atoms with E-state index in [0.29, 0.717) is 5.82 Å². The molecule has 1 heterocycles. The van der Waals surface area contributed by atoms with Crippen LogP contribution in [0.1, 0.15) is 33.5 Å². The number of nitrogens with one attached hydrogen (secondary N) is 1. The van der Waals surface area contributed by atoms with Gasteiger partial charge < -0.3 is 10.2 Å². The minimum Gasteiger partial charge on any atom is -0.358 e. The van der Waals surface area contributed by atoms with Crippen LogP contribution in [0.25, 0.3) is 0 Å². The first-order valence-electron chi connectivity index (χ1n) is 6.60. The first-order chi connectivity index (χ1) is 9.01. The molecule has 1 aromatic rings. The highest BCUT2D eigenvalue weighted by molar-refractivity contribution is 9.10. The van der Waals surface area contributed by atoms with Gasteiger partial charge in [0.2, 0.25) is 5.91 Å². The second kappa shape index (κ2) is 7.43. The molecular weight excluding hydrogens is 308 g/mol. The average Bonchev–Trinajstić information content (AvgIpc) is 2.39. The summed E-state index contributed by atoms with van der Waals surface area (Å²) < 4.78 is 0.726. The molecule has 1 aromatic heterocycles. The molecule has 0 bridgehead atoms. The molecule has 0 saturated heterocycles. The van der Waals surface area contributed by atoms with E-state index >= 15 is 0 Å². The summed E-state index contributed by atoms with van der Waals surface area (Å²) in [5, 5.41) is 3.13. The normalized spacial score (nSPS) is 12.1. The average molecular weight is 329 g/mol. The van der Waals surface area contributed by atoms with Crippen LogP contribution in [0.15, 0.2) is 10.7 Å². The molecule has 1 unspecified atom stereocenters. The molecule has 0 fully saturated rings. The Morgan fingerprint density at radius 3 is 2.53 bits per heavy atom. The molecule has 19 heavy (non-hydrogen) atoms. The van der Waals surface area contributed by atoms with Gasteiger partial charge in [0.15, 0.2) is 0 Å². The monoisotopic (exact) mass is 328 g/mol. The molecule has 1 N–H and O–H groups in total. The van der Waals surface area contributed by atoms with Crippen molar-refractivity contribution in [1.29, 1.82) is 0 Å². The topological polar surface area (TPSA) is 58.1 Å². The van der Waals surface area contributed by atoms with Crippen LogP contribution in [0.3, 0.4) is 0 Å². The maximum absolute atomic E-state index is 12.2. The van der Waals surface area contributed by atoms with E-state index in [-0.39, 0.29) is 11.9 Å². The summed E-state index contributed by atoms with van der Waals surface area (Å²) in [6.07, 6.45) is 0.756. The van der Waals surface area contributed by atoms with Crippen molar-refractivity contribution in [2.75, 3.05) is 18.4 Å². The lowest BCUT2D eigenvalue weighted by Gasteiger charge is -2.23. The lowest BCUT2D eigenvalue weighted by atomic mass is 10.2. The zero-order valence-electron chi connectivity index (χ0n) is 11.9. The van der Waals surface area contributed by atoms with Gasteiger partial charge in [-0.3, -0.25) is 4.79 Å². The van der Waals surface area contributed by atoms with E-state index in [1.165, 1.54) is 0 Å². The second-order valence-corrected chi connectivity index (χ2v) is 5.03. The van der Waals surface area contributed by atoms with E-state index < -0.39 is 0 Å². The summed E-state index contributed by atoms with van der Waals surface area (Å²) in [6, 6.07) is 1.48. The van der Waals surface area contributed by atoms with E-state index in [1.54, 1.807) is 11.0 Å². The Labute approximate surface area is 122 Å². The third-order valence-electron chi connectivity index (χ3n) is 2.87. The number of carbonyl (C=O) groups is 1. The smallest absolute Gasteiger partial charge is 0.244 e. The highest BCUT2D eigenvalue weighted by Crippen LogP contribution is 2.14. The predicted octanol–water partition coefficient (Wildman–Crippen LogP) is 2.47. The van der Waals surface area contributed by atoms with Crippen molar-refractivity contribution in [3.63, 3.8) is 0 Å². The van der Waals surface area contributed by atoms with Gasteiger partial charge in [0, 0.05) is 25.6 Å². The van der Waals surface area contributed by atoms with E-state index in [9.17, 15) is 4.79 Å². The van der Waals surface area contributed by atoms with Crippen molar-refractivity contribution in [3.8, 4) is 0 Å². The van der Waals surface area contributed by atoms with Crippen LogP contribution < -0.4 is 5.32 Å². The standard InChI is InChI=1S/C13H21BrN4O/c1-5-11-16-10(14)8-12(17-11)15-9(4)13(19)18(6-2)7-3/h8-9H,5-7H2,1-4H3,(H,15,16,17). The molecular formula is C13H21BrN4O. The molecule has 106 valence electrons. The van der Waals surface area contributed by atoms with Gasteiger partial charge >= 0.3 is 0 Å². The number of carbonyl (C=O) groups excluding carboxylic acids is 1. The number of hydrogen-bond donors (Lipinski definition) is 1. The fourth-order valence-electron chi connectivity index (χ4n) is 1.79. The van der Waals surface area contributed by atoms with Gasteiger partial charge in [0.05, 0.1) is 0 Å².